The summed E-state index contributed by atoms with van der Waals surface area (Å²) in [5.74, 6) is -0.754. The van der Waals surface area contributed by atoms with Gasteiger partial charge >= 0.3 is 0 Å². The van der Waals surface area contributed by atoms with E-state index in [2.05, 4.69) is 12.2 Å². The molecule has 2 amide bonds. The third-order valence-corrected chi connectivity index (χ3v) is 4.18. The number of nitrogens with zero attached hydrogens (tertiary/aromatic N) is 1. The molecule has 0 bridgehead atoms. The van der Waals surface area contributed by atoms with E-state index in [-0.39, 0.29) is 24.2 Å². The van der Waals surface area contributed by atoms with Gasteiger partial charge in [0, 0.05) is 20.0 Å². The van der Waals surface area contributed by atoms with Gasteiger partial charge in [0.25, 0.3) is 0 Å². The number of halogens is 1. The Kier molecular flexibility index (Phi) is 7.33. The summed E-state index contributed by atoms with van der Waals surface area (Å²) in [5.41, 5.74) is 1.52. The predicted octanol–water partition coefficient (Wildman–Crippen LogP) is 3.83. The van der Waals surface area contributed by atoms with E-state index in [0.29, 0.717) is 6.54 Å². The molecule has 0 aliphatic heterocycles. The molecule has 26 heavy (non-hydrogen) atoms. The number of unbranched alkanes of at least 4 members (excludes halogenated alkanes) is 1. The zero-order chi connectivity index (χ0) is 18.9. The molecule has 2 rings (SSSR count). The van der Waals surface area contributed by atoms with Gasteiger partial charge in [0.1, 0.15) is 11.9 Å². The molecule has 0 spiro atoms. The van der Waals surface area contributed by atoms with Crippen LogP contribution in [0, 0.1) is 5.82 Å². The average molecular weight is 356 g/mol. The number of amides is 2. The molecule has 0 saturated heterocycles. The van der Waals surface area contributed by atoms with Gasteiger partial charge in [-0.2, -0.15) is 0 Å². The number of carbonyl (C=O) groups is 2. The fourth-order valence-corrected chi connectivity index (χ4v) is 2.76. The largest absolute Gasteiger partial charge is 0.354 e. The molecule has 5 heteroatoms. The smallest absolute Gasteiger partial charge is 0.247 e. The monoisotopic (exact) mass is 356 g/mol. The predicted molar refractivity (Wildman–Crippen MR) is 99.7 cm³/mol. The van der Waals surface area contributed by atoms with Crippen LogP contribution in [0.25, 0.3) is 0 Å². The molecule has 0 saturated carbocycles. The van der Waals surface area contributed by atoms with Crippen LogP contribution in [-0.2, 0) is 16.1 Å². The minimum Gasteiger partial charge on any atom is -0.354 e. The molecule has 138 valence electrons. The summed E-state index contributed by atoms with van der Waals surface area (Å²) >= 11 is 0. The van der Waals surface area contributed by atoms with Crippen molar-refractivity contribution in [1.82, 2.24) is 10.2 Å². The molecule has 4 nitrogen and oxygen atoms in total. The van der Waals surface area contributed by atoms with Crippen LogP contribution in [0.3, 0.4) is 0 Å². The van der Waals surface area contributed by atoms with E-state index in [1.807, 2.05) is 30.3 Å². The van der Waals surface area contributed by atoms with Gasteiger partial charge < -0.3 is 10.2 Å². The van der Waals surface area contributed by atoms with Crippen LogP contribution in [0.1, 0.15) is 43.9 Å². The van der Waals surface area contributed by atoms with E-state index in [1.165, 1.54) is 24.0 Å². The standard InChI is InChI=1S/C21H25FN2O2/c1-3-4-14-23-21(26)20(18-8-6-5-7-9-18)24(16(2)25)15-17-10-12-19(22)13-11-17/h5-13,20H,3-4,14-15H2,1-2H3,(H,23,26)/t20-/m0/s1. The van der Waals surface area contributed by atoms with Crippen molar-refractivity contribution in [2.45, 2.75) is 39.3 Å². The maximum Gasteiger partial charge on any atom is 0.247 e. The Bertz CT molecular complexity index is 717. The highest BCUT2D eigenvalue weighted by atomic mass is 19.1. The van der Waals surface area contributed by atoms with Gasteiger partial charge in [0.15, 0.2) is 0 Å². The lowest BCUT2D eigenvalue weighted by Crippen LogP contribution is -2.42. The Balaban J connectivity index is 2.30. The molecule has 2 aromatic carbocycles. The second kappa shape index (κ2) is 9.70. The van der Waals surface area contributed by atoms with Gasteiger partial charge in [-0.15, -0.1) is 0 Å². The minimum atomic E-state index is -0.726. The highest BCUT2D eigenvalue weighted by Gasteiger charge is 2.29. The van der Waals surface area contributed by atoms with E-state index in [9.17, 15) is 14.0 Å². The highest BCUT2D eigenvalue weighted by Crippen LogP contribution is 2.24. The maximum absolute atomic E-state index is 13.2. The van der Waals surface area contributed by atoms with Crippen molar-refractivity contribution < 1.29 is 14.0 Å². The maximum atomic E-state index is 13.2. The lowest BCUT2D eigenvalue weighted by atomic mass is 10.0. The molecule has 1 atom stereocenters. The van der Waals surface area contributed by atoms with Crippen molar-refractivity contribution in [1.29, 1.82) is 0 Å². The summed E-state index contributed by atoms with van der Waals surface area (Å²) in [4.78, 5) is 26.7. The summed E-state index contributed by atoms with van der Waals surface area (Å²) in [5, 5.41) is 2.92. The van der Waals surface area contributed by atoms with Gasteiger partial charge in [-0.05, 0) is 29.7 Å². The molecule has 0 aliphatic rings. The second-order valence-electron chi connectivity index (χ2n) is 6.23. The van der Waals surface area contributed by atoms with E-state index < -0.39 is 6.04 Å². The van der Waals surface area contributed by atoms with Crippen molar-refractivity contribution in [3.05, 3.63) is 71.5 Å². The van der Waals surface area contributed by atoms with E-state index in [0.717, 1.165) is 24.0 Å². The van der Waals surface area contributed by atoms with Gasteiger partial charge in [-0.1, -0.05) is 55.8 Å². The number of hydrogen-bond donors (Lipinski definition) is 1. The van der Waals surface area contributed by atoms with Gasteiger partial charge in [-0.3, -0.25) is 9.59 Å². The molecule has 2 aromatic rings. The third-order valence-electron chi connectivity index (χ3n) is 4.18. The van der Waals surface area contributed by atoms with Crippen LogP contribution in [0.5, 0.6) is 0 Å². The summed E-state index contributed by atoms with van der Waals surface area (Å²) in [6, 6.07) is 14.5. The van der Waals surface area contributed by atoms with E-state index in [1.54, 1.807) is 12.1 Å². The Labute approximate surface area is 154 Å². The summed E-state index contributed by atoms with van der Waals surface area (Å²) in [6.45, 7) is 4.30. The Morgan fingerprint density at radius 1 is 1.08 bits per heavy atom. The number of carbonyl (C=O) groups excluding carboxylic acids is 2. The normalized spacial score (nSPS) is 11.7. The van der Waals surface area contributed by atoms with E-state index in [4.69, 9.17) is 0 Å². The molecule has 0 unspecified atom stereocenters. The van der Waals surface area contributed by atoms with E-state index >= 15 is 0 Å². The zero-order valence-electron chi connectivity index (χ0n) is 15.2. The Morgan fingerprint density at radius 2 is 1.73 bits per heavy atom. The zero-order valence-corrected chi connectivity index (χ0v) is 15.2. The van der Waals surface area contributed by atoms with Crippen LogP contribution in [0.4, 0.5) is 4.39 Å². The molecule has 0 aliphatic carbocycles. The summed E-state index contributed by atoms with van der Waals surface area (Å²) < 4.78 is 13.2. The minimum absolute atomic E-state index is 0.207. The lowest BCUT2D eigenvalue weighted by molar-refractivity contribution is -0.140. The van der Waals surface area contributed by atoms with Gasteiger partial charge in [-0.25, -0.2) is 4.39 Å². The first-order valence-corrected chi connectivity index (χ1v) is 8.87. The third kappa shape index (κ3) is 5.41. The Hall–Kier alpha value is -2.69. The van der Waals surface area contributed by atoms with Crippen molar-refractivity contribution >= 4 is 11.8 Å². The van der Waals surface area contributed by atoms with Crippen molar-refractivity contribution in [2.24, 2.45) is 0 Å². The topological polar surface area (TPSA) is 49.4 Å². The number of rotatable bonds is 8. The van der Waals surface area contributed by atoms with Crippen molar-refractivity contribution in [3.63, 3.8) is 0 Å². The molecular formula is C21H25FN2O2. The molecular weight excluding hydrogens is 331 g/mol. The molecule has 0 radical (unpaired) electrons. The molecule has 0 aromatic heterocycles. The number of hydrogen-bond acceptors (Lipinski definition) is 2. The summed E-state index contributed by atoms with van der Waals surface area (Å²) in [6.07, 6.45) is 1.85. The van der Waals surface area contributed by atoms with Crippen LogP contribution in [0.2, 0.25) is 0 Å². The first-order chi connectivity index (χ1) is 12.5. The highest BCUT2D eigenvalue weighted by molar-refractivity contribution is 5.88. The first kappa shape index (κ1) is 19.6. The van der Waals surface area contributed by atoms with Crippen LogP contribution < -0.4 is 5.32 Å². The summed E-state index contributed by atoms with van der Waals surface area (Å²) in [7, 11) is 0. The van der Waals surface area contributed by atoms with Crippen molar-refractivity contribution in [3.8, 4) is 0 Å². The van der Waals surface area contributed by atoms with Crippen LogP contribution >= 0.6 is 0 Å². The second-order valence-corrected chi connectivity index (χ2v) is 6.23. The average Bonchev–Trinajstić information content (AvgIpc) is 2.64. The first-order valence-electron chi connectivity index (χ1n) is 8.87. The fraction of sp³-hybridized carbons (Fsp3) is 0.333. The molecule has 1 N–H and O–H groups in total. The quantitative estimate of drug-likeness (QED) is 0.731. The number of nitrogens with one attached hydrogen (secondary N) is 1. The lowest BCUT2D eigenvalue weighted by Gasteiger charge is -2.30. The fourth-order valence-electron chi connectivity index (χ4n) is 2.76. The Morgan fingerprint density at radius 3 is 2.31 bits per heavy atom. The molecule has 0 fully saturated rings. The van der Waals surface area contributed by atoms with Crippen molar-refractivity contribution in [2.75, 3.05) is 6.54 Å². The number of benzene rings is 2. The van der Waals surface area contributed by atoms with Crippen LogP contribution in [-0.4, -0.2) is 23.3 Å². The van der Waals surface area contributed by atoms with Crippen LogP contribution in [0.15, 0.2) is 54.6 Å². The van der Waals surface area contributed by atoms with Gasteiger partial charge in [0.05, 0.1) is 0 Å². The SMILES string of the molecule is CCCCNC(=O)[C@H](c1ccccc1)N(Cc1ccc(F)cc1)C(C)=O. The molecule has 0 heterocycles. The van der Waals surface area contributed by atoms with Gasteiger partial charge in [0.2, 0.25) is 11.8 Å².